The Kier molecular flexibility index (Phi) is 7.50. The number of allylic oxidation sites excluding steroid dienone is 2. The molecule has 14 heavy (non-hydrogen) atoms. The topological polar surface area (TPSA) is 9.23 Å². The molecule has 0 heterocycles. The molecule has 0 aromatic carbocycles. The van der Waals surface area contributed by atoms with Crippen molar-refractivity contribution in [2.75, 3.05) is 6.61 Å². The summed E-state index contributed by atoms with van der Waals surface area (Å²) in [6, 6.07) is 0. The minimum absolute atomic E-state index is 0.348. The standard InChI is InChI=1S/C13H24O/c1-6-9-14-13(5)8-7-12(4)10-11(2)3/h6,10,12-13H,1,7-9H2,2-5H3. The largest absolute Gasteiger partial charge is 0.374 e. The van der Waals surface area contributed by atoms with Crippen LogP contribution in [0.2, 0.25) is 0 Å². The first kappa shape index (κ1) is 13.4. The summed E-state index contributed by atoms with van der Waals surface area (Å²) in [6.45, 7) is 13.0. The molecule has 0 saturated heterocycles. The molecule has 0 aliphatic rings. The molecule has 0 aromatic heterocycles. The van der Waals surface area contributed by atoms with Crippen LogP contribution in [-0.4, -0.2) is 12.7 Å². The number of ether oxygens (including phenoxy) is 1. The molecule has 0 N–H and O–H groups in total. The lowest BCUT2D eigenvalue weighted by atomic mass is 10.0. The third kappa shape index (κ3) is 8.06. The van der Waals surface area contributed by atoms with Gasteiger partial charge in [-0.05, 0) is 39.5 Å². The van der Waals surface area contributed by atoms with Crippen LogP contribution in [0.1, 0.15) is 40.5 Å². The third-order valence-electron chi connectivity index (χ3n) is 2.14. The van der Waals surface area contributed by atoms with Gasteiger partial charge in [-0.1, -0.05) is 24.6 Å². The van der Waals surface area contributed by atoms with E-state index in [-0.39, 0.29) is 0 Å². The maximum atomic E-state index is 5.51. The predicted octanol–water partition coefficient (Wildman–Crippen LogP) is 3.96. The Hall–Kier alpha value is -0.560. The highest BCUT2D eigenvalue weighted by molar-refractivity contribution is 4.96. The van der Waals surface area contributed by atoms with E-state index in [0.29, 0.717) is 18.6 Å². The van der Waals surface area contributed by atoms with Crippen molar-refractivity contribution in [3.05, 3.63) is 24.3 Å². The normalized spacial score (nSPS) is 14.6. The molecule has 0 radical (unpaired) electrons. The summed E-state index contributed by atoms with van der Waals surface area (Å²) in [7, 11) is 0. The SMILES string of the molecule is C=CCOC(C)CCC(C)C=C(C)C. The van der Waals surface area contributed by atoms with Crippen molar-refractivity contribution in [1.29, 1.82) is 0 Å². The van der Waals surface area contributed by atoms with Crippen LogP contribution < -0.4 is 0 Å². The molecular weight excluding hydrogens is 172 g/mol. The summed E-state index contributed by atoms with van der Waals surface area (Å²) in [5, 5.41) is 0. The molecule has 0 bridgehead atoms. The lowest BCUT2D eigenvalue weighted by Gasteiger charge is -2.13. The van der Waals surface area contributed by atoms with Gasteiger partial charge in [-0.3, -0.25) is 0 Å². The Bertz CT molecular complexity index is 178. The van der Waals surface area contributed by atoms with Gasteiger partial charge in [-0.2, -0.15) is 0 Å². The van der Waals surface area contributed by atoms with Crippen LogP contribution in [0.25, 0.3) is 0 Å². The highest BCUT2D eigenvalue weighted by atomic mass is 16.5. The maximum absolute atomic E-state index is 5.51. The highest BCUT2D eigenvalue weighted by Crippen LogP contribution is 2.13. The van der Waals surface area contributed by atoms with E-state index < -0.39 is 0 Å². The second-order valence-corrected chi connectivity index (χ2v) is 4.23. The van der Waals surface area contributed by atoms with E-state index in [4.69, 9.17) is 4.74 Å². The average molecular weight is 196 g/mol. The molecule has 0 aromatic rings. The molecule has 2 atom stereocenters. The molecule has 0 fully saturated rings. The van der Waals surface area contributed by atoms with Crippen molar-refractivity contribution >= 4 is 0 Å². The summed E-state index contributed by atoms with van der Waals surface area (Å²) in [4.78, 5) is 0. The maximum Gasteiger partial charge on any atom is 0.0648 e. The van der Waals surface area contributed by atoms with Gasteiger partial charge in [-0.15, -0.1) is 6.58 Å². The lowest BCUT2D eigenvalue weighted by Crippen LogP contribution is -2.09. The van der Waals surface area contributed by atoms with Gasteiger partial charge in [-0.25, -0.2) is 0 Å². The summed E-state index contributed by atoms with van der Waals surface area (Å²) in [5.41, 5.74) is 1.40. The van der Waals surface area contributed by atoms with Crippen LogP contribution in [0.4, 0.5) is 0 Å². The first-order valence-electron chi connectivity index (χ1n) is 5.43. The van der Waals surface area contributed by atoms with Gasteiger partial charge in [0.1, 0.15) is 0 Å². The molecule has 0 aliphatic heterocycles. The van der Waals surface area contributed by atoms with Gasteiger partial charge in [0.05, 0.1) is 12.7 Å². The summed E-state index contributed by atoms with van der Waals surface area (Å²) < 4.78 is 5.51. The molecule has 0 saturated carbocycles. The van der Waals surface area contributed by atoms with Gasteiger partial charge in [0.15, 0.2) is 0 Å². The Morgan fingerprint density at radius 3 is 2.43 bits per heavy atom. The van der Waals surface area contributed by atoms with Gasteiger partial charge in [0, 0.05) is 0 Å². The fourth-order valence-corrected chi connectivity index (χ4v) is 1.47. The van der Waals surface area contributed by atoms with Crippen LogP contribution in [-0.2, 0) is 4.74 Å². The molecule has 0 spiro atoms. The number of hydrogen-bond acceptors (Lipinski definition) is 1. The van der Waals surface area contributed by atoms with Crippen LogP contribution >= 0.6 is 0 Å². The quantitative estimate of drug-likeness (QED) is 0.560. The molecule has 1 nitrogen and oxygen atoms in total. The number of rotatable bonds is 7. The van der Waals surface area contributed by atoms with Gasteiger partial charge in [0.2, 0.25) is 0 Å². The van der Waals surface area contributed by atoms with E-state index in [2.05, 4.69) is 40.3 Å². The molecule has 0 amide bonds. The van der Waals surface area contributed by atoms with Crippen molar-refractivity contribution in [3.8, 4) is 0 Å². The Labute approximate surface area is 88.9 Å². The Balaban J connectivity index is 3.60. The summed E-state index contributed by atoms with van der Waals surface area (Å²) in [6.07, 6.45) is 6.79. The van der Waals surface area contributed by atoms with Crippen LogP contribution in [0.3, 0.4) is 0 Å². The fourth-order valence-electron chi connectivity index (χ4n) is 1.47. The van der Waals surface area contributed by atoms with Crippen molar-refractivity contribution in [2.24, 2.45) is 5.92 Å². The predicted molar refractivity (Wildman–Crippen MR) is 63.4 cm³/mol. The van der Waals surface area contributed by atoms with E-state index >= 15 is 0 Å². The molecule has 2 unspecified atom stereocenters. The summed E-state index contributed by atoms with van der Waals surface area (Å²) in [5.74, 6) is 0.662. The Morgan fingerprint density at radius 1 is 1.29 bits per heavy atom. The second kappa shape index (κ2) is 7.81. The molecule has 1 heteroatoms. The van der Waals surface area contributed by atoms with E-state index in [1.165, 1.54) is 12.0 Å². The molecule has 0 aliphatic carbocycles. The lowest BCUT2D eigenvalue weighted by molar-refractivity contribution is 0.0785. The first-order chi connectivity index (χ1) is 6.56. The van der Waals surface area contributed by atoms with Crippen LogP contribution in [0.5, 0.6) is 0 Å². The smallest absolute Gasteiger partial charge is 0.0648 e. The Morgan fingerprint density at radius 2 is 1.93 bits per heavy atom. The summed E-state index contributed by atoms with van der Waals surface area (Å²) >= 11 is 0. The fraction of sp³-hybridized carbons (Fsp3) is 0.692. The van der Waals surface area contributed by atoms with Crippen molar-refractivity contribution in [1.82, 2.24) is 0 Å². The van der Waals surface area contributed by atoms with Crippen LogP contribution in [0.15, 0.2) is 24.3 Å². The van der Waals surface area contributed by atoms with Gasteiger partial charge in [0.25, 0.3) is 0 Å². The minimum Gasteiger partial charge on any atom is -0.374 e. The van der Waals surface area contributed by atoms with E-state index in [9.17, 15) is 0 Å². The monoisotopic (exact) mass is 196 g/mol. The molecule has 82 valence electrons. The zero-order valence-corrected chi connectivity index (χ0v) is 10.0. The van der Waals surface area contributed by atoms with Gasteiger partial charge >= 0.3 is 0 Å². The zero-order chi connectivity index (χ0) is 11.0. The second-order valence-electron chi connectivity index (χ2n) is 4.23. The number of hydrogen-bond donors (Lipinski definition) is 0. The van der Waals surface area contributed by atoms with E-state index in [1.54, 1.807) is 6.08 Å². The van der Waals surface area contributed by atoms with Gasteiger partial charge < -0.3 is 4.74 Å². The van der Waals surface area contributed by atoms with Crippen LogP contribution in [0, 0.1) is 5.92 Å². The first-order valence-corrected chi connectivity index (χ1v) is 5.43. The van der Waals surface area contributed by atoms with Crippen molar-refractivity contribution in [2.45, 2.75) is 46.6 Å². The van der Waals surface area contributed by atoms with E-state index in [0.717, 1.165) is 6.42 Å². The third-order valence-corrected chi connectivity index (χ3v) is 2.14. The van der Waals surface area contributed by atoms with Crippen molar-refractivity contribution in [3.63, 3.8) is 0 Å². The van der Waals surface area contributed by atoms with Crippen molar-refractivity contribution < 1.29 is 4.74 Å². The van der Waals surface area contributed by atoms with E-state index in [1.807, 2.05) is 0 Å². The molecule has 0 rings (SSSR count). The minimum atomic E-state index is 0.348. The highest BCUT2D eigenvalue weighted by Gasteiger charge is 2.04. The zero-order valence-electron chi connectivity index (χ0n) is 10.0. The average Bonchev–Trinajstić information content (AvgIpc) is 2.10. The molecular formula is C13H24O.